The van der Waals surface area contributed by atoms with E-state index in [2.05, 4.69) is 15.7 Å². The first kappa shape index (κ1) is 19.0. The molecule has 136 valence electrons. The number of benzene rings is 1. The van der Waals surface area contributed by atoms with Crippen molar-refractivity contribution in [3.63, 3.8) is 0 Å². The van der Waals surface area contributed by atoms with Crippen molar-refractivity contribution in [1.82, 2.24) is 20.4 Å². The molecule has 1 aromatic heterocycles. The maximum absolute atomic E-state index is 12.0. The Kier molecular flexibility index (Phi) is 6.20. The van der Waals surface area contributed by atoms with Gasteiger partial charge in [0.2, 0.25) is 0 Å². The van der Waals surface area contributed by atoms with Gasteiger partial charge in [0, 0.05) is 30.9 Å². The second-order valence-corrected chi connectivity index (χ2v) is 7.33. The Morgan fingerprint density at radius 2 is 2.04 bits per heavy atom. The molecule has 0 spiro atoms. The van der Waals surface area contributed by atoms with Gasteiger partial charge in [-0.3, -0.25) is 0 Å². The summed E-state index contributed by atoms with van der Waals surface area (Å²) in [5, 5.41) is 20.1. The molecule has 0 aliphatic carbocycles. The molecule has 0 fully saturated rings. The second kappa shape index (κ2) is 8.16. The lowest BCUT2D eigenvalue weighted by molar-refractivity contribution is 0.0151. The molecule has 0 saturated carbocycles. The lowest BCUT2D eigenvalue weighted by Crippen LogP contribution is -2.46. The molecular weight excluding hydrogens is 316 g/mol. The zero-order valence-corrected chi connectivity index (χ0v) is 15.4. The molecule has 2 amide bonds. The van der Waals surface area contributed by atoms with Crippen LogP contribution in [-0.2, 0) is 6.54 Å². The van der Waals surface area contributed by atoms with Crippen LogP contribution in [-0.4, -0.2) is 33.6 Å². The van der Waals surface area contributed by atoms with E-state index in [0.29, 0.717) is 13.1 Å². The summed E-state index contributed by atoms with van der Waals surface area (Å²) in [6.45, 7) is 8.68. The van der Waals surface area contributed by atoms with E-state index in [0.717, 1.165) is 11.3 Å². The summed E-state index contributed by atoms with van der Waals surface area (Å²) in [5.41, 5.74) is 1.56. The van der Waals surface area contributed by atoms with E-state index in [1.807, 2.05) is 64.2 Å². The molecule has 3 N–H and O–H groups in total. The van der Waals surface area contributed by atoms with E-state index in [4.69, 9.17) is 0 Å². The van der Waals surface area contributed by atoms with Gasteiger partial charge < -0.3 is 15.7 Å². The minimum Gasteiger partial charge on any atom is -0.392 e. The van der Waals surface area contributed by atoms with Crippen molar-refractivity contribution in [3.8, 4) is 5.69 Å². The summed E-state index contributed by atoms with van der Waals surface area (Å²) in [4.78, 5) is 12.0. The minimum absolute atomic E-state index is 0.143. The van der Waals surface area contributed by atoms with Crippen LogP contribution in [0.3, 0.4) is 0 Å². The van der Waals surface area contributed by atoms with Crippen LogP contribution >= 0.6 is 0 Å². The molecule has 0 saturated heterocycles. The van der Waals surface area contributed by atoms with Crippen LogP contribution in [0.15, 0.2) is 42.7 Å². The van der Waals surface area contributed by atoms with Crippen LogP contribution in [0.5, 0.6) is 0 Å². The van der Waals surface area contributed by atoms with E-state index < -0.39 is 6.10 Å². The number of aliphatic hydroxyl groups excluding tert-OH is 1. The van der Waals surface area contributed by atoms with E-state index in [-0.39, 0.29) is 17.4 Å². The Balaban J connectivity index is 1.85. The topological polar surface area (TPSA) is 79.2 Å². The highest BCUT2D eigenvalue weighted by molar-refractivity contribution is 5.73. The largest absolute Gasteiger partial charge is 0.392 e. The highest BCUT2D eigenvalue weighted by atomic mass is 16.3. The number of hydrogen-bond acceptors (Lipinski definition) is 3. The average molecular weight is 344 g/mol. The molecule has 1 atom stereocenters. The number of carbonyl (C=O) groups is 1. The zero-order valence-electron chi connectivity index (χ0n) is 15.4. The number of amides is 2. The third-order valence-corrected chi connectivity index (χ3v) is 4.27. The van der Waals surface area contributed by atoms with Crippen LogP contribution in [0, 0.1) is 11.3 Å². The number of carbonyl (C=O) groups excluding carboxylic acids is 1. The third-order valence-electron chi connectivity index (χ3n) is 4.27. The summed E-state index contributed by atoms with van der Waals surface area (Å²) in [7, 11) is 0. The molecule has 0 bridgehead atoms. The van der Waals surface area contributed by atoms with Gasteiger partial charge in [-0.2, -0.15) is 5.10 Å². The normalized spacial score (nSPS) is 12.9. The van der Waals surface area contributed by atoms with E-state index >= 15 is 0 Å². The van der Waals surface area contributed by atoms with Gasteiger partial charge >= 0.3 is 6.03 Å². The molecule has 1 unspecified atom stereocenters. The van der Waals surface area contributed by atoms with Gasteiger partial charge in [0.25, 0.3) is 0 Å². The van der Waals surface area contributed by atoms with Gasteiger partial charge in [-0.15, -0.1) is 0 Å². The van der Waals surface area contributed by atoms with E-state index in [9.17, 15) is 9.90 Å². The molecule has 0 aliphatic heterocycles. The first-order valence-electron chi connectivity index (χ1n) is 8.58. The van der Waals surface area contributed by atoms with Gasteiger partial charge in [0.1, 0.15) is 0 Å². The summed E-state index contributed by atoms with van der Waals surface area (Å²) >= 11 is 0. The Hall–Kier alpha value is -2.34. The molecule has 6 heteroatoms. The van der Waals surface area contributed by atoms with Crippen LogP contribution in [0.1, 0.15) is 33.3 Å². The SMILES string of the molecule is CC(C)C(O)C(C)(C)CNC(=O)NCc1cccc(-n2cccn2)c1. The molecule has 1 aromatic carbocycles. The highest BCUT2D eigenvalue weighted by Gasteiger charge is 2.30. The van der Waals surface area contributed by atoms with Gasteiger partial charge in [-0.1, -0.05) is 39.8 Å². The van der Waals surface area contributed by atoms with Crippen molar-refractivity contribution < 1.29 is 9.90 Å². The average Bonchev–Trinajstić information content (AvgIpc) is 3.12. The molecule has 0 aliphatic rings. The van der Waals surface area contributed by atoms with Crippen molar-refractivity contribution >= 4 is 6.03 Å². The molecule has 2 aromatic rings. The van der Waals surface area contributed by atoms with E-state index in [1.165, 1.54) is 0 Å². The molecule has 25 heavy (non-hydrogen) atoms. The Morgan fingerprint density at radius 1 is 1.28 bits per heavy atom. The smallest absolute Gasteiger partial charge is 0.315 e. The fraction of sp³-hybridized carbons (Fsp3) is 0.474. The quantitative estimate of drug-likeness (QED) is 0.722. The first-order chi connectivity index (χ1) is 11.8. The lowest BCUT2D eigenvalue weighted by atomic mass is 9.81. The van der Waals surface area contributed by atoms with Crippen LogP contribution in [0.25, 0.3) is 5.69 Å². The van der Waals surface area contributed by atoms with Crippen molar-refractivity contribution in [1.29, 1.82) is 0 Å². The lowest BCUT2D eigenvalue weighted by Gasteiger charge is -2.33. The van der Waals surface area contributed by atoms with Gasteiger partial charge in [-0.25, -0.2) is 9.48 Å². The summed E-state index contributed by atoms with van der Waals surface area (Å²) in [6.07, 6.45) is 3.13. The number of hydrogen-bond donors (Lipinski definition) is 3. The Labute approximate surface area is 149 Å². The second-order valence-electron chi connectivity index (χ2n) is 7.33. The number of aromatic nitrogens is 2. The van der Waals surface area contributed by atoms with Crippen molar-refractivity contribution in [2.75, 3.05) is 6.54 Å². The maximum Gasteiger partial charge on any atom is 0.315 e. The molecule has 1 heterocycles. The number of nitrogens with zero attached hydrogens (tertiary/aromatic N) is 2. The predicted octanol–water partition coefficient (Wildman–Crippen LogP) is 2.71. The van der Waals surface area contributed by atoms with Crippen LogP contribution in [0.4, 0.5) is 4.79 Å². The predicted molar refractivity (Wildman–Crippen MR) is 98.4 cm³/mol. The van der Waals surface area contributed by atoms with Gasteiger partial charge in [0.15, 0.2) is 0 Å². The van der Waals surface area contributed by atoms with Crippen LogP contribution < -0.4 is 10.6 Å². The molecular formula is C19H28N4O2. The van der Waals surface area contributed by atoms with Crippen LogP contribution in [0.2, 0.25) is 0 Å². The maximum atomic E-state index is 12.0. The minimum atomic E-state index is -0.474. The van der Waals surface area contributed by atoms with Gasteiger partial charge in [-0.05, 0) is 29.7 Å². The molecule has 0 radical (unpaired) electrons. The Morgan fingerprint density at radius 3 is 2.68 bits per heavy atom. The number of nitrogens with one attached hydrogen (secondary N) is 2. The van der Waals surface area contributed by atoms with Crippen molar-refractivity contribution in [2.24, 2.45) is 11.3 Å². The standard InChI is InChI=1S/C19H28N4O2/c1-14(2)17(24)19(3,4)13-21-18(25)20-12-15-7-5-8-16(11-15)23-10-6-9-22-23/h5-11,14,17,24H,12-13H2,1-4H3,(H2,20,21,25). The monoisotopic (exact) mass is 344 g/mol. The first-order valence-corrected chi connectivity index (χ1v) is 8.58. The fourth-order valence-electron chi connectivity index (χ4n) is 2.79. The summed E-state index contributed by atoms with van der Waals surface area (Å²) < 4.78 is 1.78. The Bertz CT molecular complexity index is 680. The van der Waals surface area contributed by atoms with E-state index in [1.54, 1.807) is 10.9 Å². The third kappa shape index (κ3) is 5.32. The van der Waals surface area contributed by atoms with Gasteiger partial charge in [0.05, 0.1) is 11.8 Å². The highest BCUT2D eigenvalue weighted by Crippen LogP contribution is 2.24. The number of rotatable bonds is 7. The fourth-order valence-corrected chi connectivity index (χ4v) is 2.79. The van der Waals surface area contributed by atoms with Crippen molar-refractivity contribution in [3.05, 3.63) is 48.3 Å². The summed E-state index contributed by atoms with van der Waals surface area (Å²) in [5.74, 6) is 0.143. The zero-order chi connectivity index (χ0) is 18.4. The summed E-state index contributed by atoms with van der Waals surface area (Å²) in [6, 6.07) is 9.47. The van der Waals surface area contributed by atoms with Crippen molar-refractivity contribution in [2.45, 2.75) is 40.3 Å². The number of aliphatic hydroxyl groups is 1. The number of urea groups is 1. The molecule has 6 nitrogen and oxygen atoms in total. The molecule has 2 rings (SSSR count).